The Hall–Kier alpha value is -0.0900. The Labute approximate surface area is 54.0 Å². The lowest BCUT2D eigenvalue weighted by Crippen LogP contribution is -2.05. The fourth-order valence-corrected chi connectivity index (χ4v) is 2.93. The van der Waals surface area contributed by atoms with Crippen LogP contribution in [0.15, 0.2) is 0 Å². The molecule has 0 unspecified atom stereocenters. The van der Waals surface area contributed by atoms with Gasteiger partial charge in [0.15, 0.2) is 5.75 Å². The van der Waals surface area contributed by atoms with Crippen LogP contribution in [0.4, 0.5) is 0 Å². The molecule has 44 valence electrons. The second-order valence-electron chi connectivity index (χ2n) is 2.08. The third-order valence-electron chi connectivity index (χ3n) is 1.40. The van der Waals surface area contributed by atoms with Crippen molar-refractivity contribution in [2.24, 2.45) is 0 Å². The van der Waals surface area contributed by atoms with Gasteiger partial charge >= 0.3 is 0 Å². The molecule has 1 saturated heterocycles. The molecule has 1 aliphatic rings. The summed E-state index contributed by atoms with van der Waals surface area (Å²) >= 11 is 0. The van der Waals surface area contributed by atoms with Crippen LogP contribution in [0, 0.1) is 12.3 Å². The van der Waals surface area contributed by atoms with Gasteiger partial charge in [0.2, 0.25) is 0 Å². The minimum Gasteiger partial charge on any atom is -0.115 e. The van der Waals surface area contributed by atoms with E-state index in [0.29, 0.717) is 10.9 Å². The summed E-state index contributed by atoms with van der Waals surface area (Å²) in [6.45, 7) is 0. The molecule has 0 spiro atoms. The monoisotopic (exact) mass is 127 g/mol. The minimum atomic E-state index is 0.637. The van der Waals surface area contributed by atoms with Gasteiger partial charge in [0.05, 0.1) is 0 Å². The molecule has 1 heteroatoms. The molecule has 0 bridgehead atoms. The molecule has 0 N–H and O–H groups in total. The van der Waals surface area contributed by atoms with E-state index < -0.39 is 0 Å². The van der Waals surface area contributed by atoms with Gasteiger partial charge in [-0.2, -0.15) is 0 Å². The zero-order valence-electron chi connectivity index (χ0n) is 5.02. The average Bonchev–Trinajstić information content (AvgIpc) is 2.19. The molecule has 8 heavy (non-hydrogen) atoms. The van der Waals surface area contributed by atoms with Crippen LogP contribution < -0.4 is 0 Å². The standard InChI is InChI=1S/C7H11S/c1-2-5-8-6-3-4-7-8/h1H,3-7H2/q+1. The second kappa shape index (κ2) is 3.04. The van der Waals surface area contributed by atoms with E-state index in [4.69, 9.17) is 6.42 Å². The lowest BCUT2D eigenvalue weighted by molar-refractivity contribution is 0.949. The average molecular weight is 127 g/mol. The SMILES string of the molecule is C#CC[S+]1CCCC1. The summed E-state index contributed by atoms with van der Waals surface area (Å²) in [5.41, 5.74) is 0. The molecule has 0 aliphatic carbocycles. The van der Waals surface area contributed by atoms with E-state index in [9.17, 15) is 0 Å². The van der Waals surface area contributed by atoms with Crippen LogP contribution in [0.25, 0.3) is 0 Å². The smallest absolute Gasteiger partial charge is 0.115 e. The Morgan fingerprint density at radius 3 is 2.50 bits per heavy atom. The van der Waals surface area contributed by atoms with Gasteiger partial charge in [0, 0.05) is 0 Å². The molecule has 0 aromatic heterocycles. The highest BCUT2D eigenvalue weighted by molar-refractivity contribution is 7.97. The van der Waals surface area contributed by atoms with Gasteiger partial charge in [-0.1, -0.05) is 5.92 Å². The summed E-state index contributed by atoms with van der Waals surface area (Å²) < 4.78 is 0. The highest BCUT2D eigenvalue weighted by atomic mass is 32.2. The van der Waals surface area contributed by atoms with Crippen LogP contribution in [0.5, 0.6) is 0 Å². The van der Waals surface area contributed by atoms with Crippen molar-refractivity contribution >= 4 is 10.9 Å². The Kier molecular flexibility index (Phi) is 2.29. The van der Waals surface area contributed by atoms with E-state index in [2.05, 4.69) is 5.92 Å². The first kappa shape index (κ1) is 6.04. The van der Waals surface area contributed by atoms with E-state index in [-0.39, 0.29) is 0 Å². The van der Waals surface area contributed by atoms with Crippen LogP contribution in [0.2, 0.25) is 0 Å². The Bertz CT molecular complexity index is 95.4. The van der Waals surface area contributed by atoms with Crippen LogP contribution in [0.3, 0.4) is 0 Å². The number of hydrogen-bond donors (Lipinski definition) is 0. The number of hydrogen-bond acceptors (Lipinski definition) is 0. The van der Waals surface area contributed by atoms with Gasteiger partial charge < -0.3 is 0 Å². The van der Waals surface area contributed by atoms with Gasteiger partial charge in [-0.05, 0) is 23.7 Å². The first-order chi connectivity index (χ1) is 3.93. The summed E-state index contributed by atoms with van der Waals surface area (Å²) in [7, 11) is 0.637. The summed E-state index contributed by atoms with van der Waals surface area (Å²) in [5, 5.41) is 0. The van der Waals surface area contributed by atoms with Gasteiger partial charge in [-0.25, -0.2) is 0 Å². The molecular formula is C7H11S+. The van der Waals surface area contributed by atoms with E-state index in [0.717, 1.165) is 5.75 Å². The number of terminal acetylenes is 1. The summed E-state index contributed by atoms with van der Waals surface area (Å²) in [6.07, 6.45) is 8.01. The van der Waals surface area contributed by atoms with Crippen molar-refractivity contribution in [1.29, 1.82) is 0 Å². The molecule has 0 aromatic rings. The Balaban J connectivity index is 2.17. The molecule has 1 rings (SSSR count). The number of rotatable bonds is 1. The third kappa shape index (κ3) is 1.45. The molecule has 0 saturated carbocycles. The van der Waals surface area contributed by atoms with E-state index in [1.165, 1.54) is 24.3 Å². The van der Waals surface area contributed by atoms with Crippen molar-refractivity contribution in [2.45, 2.75) is 12.8 Å². The van der Waals surface area contributed by atoms with Gasteiger partial charge in [-0.3, -0.25) is 0 Å². The molecular weight excluding hydrogens is 116 g/mol. The lowest BCUT2D eigenvalue weighted by atomic mass is 10.4. The Morgan fingerprint density at radius 1 is 1.38 bits per heavy atom. The fourth-order valence-electron chi connectivity index (χ4n) is 0.977. The zero-order valence-corrected chi connectivity index (χ0v) is 5.84. The van der Waals surface area contributed by atoms with E-state index >= 15 is 0 Å². The molecule has 0 aromatic carbocycles. The summed E-state index contributed by atoms with van der Waals surface area (Å²) in [6, 6.07) is 0. The first-order valence-electron chi connectivity index (χ1n) is 3.01. The summed E-state index contributed by atoms with van der Waals surface area (Å²) in [5.74, 6) is 6.58. The van der Waals surface area contributed by atoms with Crippen LogP contribution in [0.1, 0.15) is 12.8 Å². The second-order valence-corrected chi connectivity index (χ2v) is 4.41. The largest absolute Gasteiger partial charge is 0.167 e. The quantitative estimate of drug-likeness (QED) is 0.364. The summed E-state index contributed by atoms with van der Waals surface area (Å²) in [4.78, 5) is 0. The highest BCUT2D eigenvalue weighted by Crippen LogP contribution is 2.12. The van der Waals surface area contributed by atoms with Crippen molar-refractivity contribution in [3.8, 4) is 12.3 Å². The highest BCUT2D eigenvalue weighted by Gasteiger charge is 2.21. The molecule has 0 atom stereocenters. The van der Waals surface area contributed by atoms with Gasteiger partial charge in [-0.15, -0.1) is 6.42 Å². The van der Waals surface area contributed by atoms with Gasteiger partial charge in [0.1, 0.15) is 11.5 Å². The lowest BCUT2D eigenvalue weighted by Gasteiger charge is -1.89. The zero-order chi connectivity index (χ0) is 5.82. The van der Waals surface area contributed by atoms with Crippen LogP contribution >= 0.6 is 0 Å². The van der Waals surface area contributed by atoms with Crippen molar-refractivity contribution in [2.75, 3.05) is 17.3 Å². The predicted octanol–water partition coefficient (Wildman–Crippen LogP) is 1.03. The van der Waals surface area contributed by atoms with Gasteiger partial charge in [0.25, 0.3) is 0 Å². The van der Waals surface area contributed by atoms with E-state index in [1.807, 2.05) is 0 Å². The Morgan fingerprint density at radius 2 is 2.00 bits per heavy atom. The van der Waals surface area contributed by atoms with Crippen molar-refractivity contribution < 1.29 is 0 Å². The first-order valence-corrected chi connectivity index (χ1v) is 4.74. The van der Waals surface area contributed by atoms with Crippen LogP contribution in [-0.4, -0.2) is 17.3 Å². The third-order valence-corrected chi connectivity index (χ3v) is 3.71. The molecule has 0 amide bonds. The van der Waals surface area contributed by atoms with Crippen molar-refractivity contribution in [1.82, 2.24) is 0 Å². The molecule has 1 heterocycles. The molecule has 1 aliphatic heterocycles. The maximum Gasteiger partial charge on any atom is 0.167 e. The fraction of sp³-hybridized carbons (Fsp3) is 0.714. The molecule has 0 nitrogen and oxygen atoms in total. The minimum absolute atomic E-state index is 0.637. The molecule has 1 fully saturated rings. The topological polar surface area (TPSA) is 0 Å². The predicted molar refractivity (Wildman–Crippen MR) is 40.0 cm³/mol. The van der Waals surface area contributed by atoms with Crippen LogP contribution in [-0.2, 0) is 10.9 Å². The maximum absolute atomic E-state index is 5.17. The van der Waals surface area contributed by atoms with Crippen molar-refractivity contribution in [3.05, 3.63) is 0 Å². The maximum atomic E-state index is 5.17. The molecule has 0 radical (unpaired) electrons. The normalized spacial score (nSPS) is 20.9. The van der Waals surface area contributed by atoms with E-state index in [1.54, 1.807) is 0 Å². The van der Waals surface area contributed by atoms with Crippen molar-refractivity contribution in [3.63, 3.8) is 0 Å².